The fourth-order valence-corrected chi connectivity index (χ4v) is 5.94. The summed E-state index contributed by atoms with van der Waals surface area (Å²) in [6, 6.07) is 13.7. The maximum atomic E-state index is 13.9. The molecule has 0 aliphatic carbocycles. The predicted molar refractivity (Wildman–Crippen MR) is 132 cm³/mol. The number of benzene rings is 1. The van der Waals surface area contributed by atoms with Gasteiger partial charge >= 0.3 is 0 Å². The summed E-state index contributed by atoms with van der Waals surface area (Å²) >= 11 is 0. The van der Waals surface area contributed by atoms with Crippen molar-refractivity contribution in [2.24, 2.45) is 17.3 Å². The number of hydrogen-bond acceptors (Lipinski definition) is 4. The van der Waals surface area contributed by atoms with Gasteiger partial charge in [0.05, 0.1) is 4.90 Å². The molecule has 7 nitrogen and oxygen atoms in total. The first-order chi connectivity index (χ1) is 15.9. The molecule has 4 rings (SSSR count). The number of anilines is 1. The summed E-state index contributed by atoms with van der Waals surface area (Å²) < 4.78 is 23.1. The molecular weight excluding hydrogens is 434 g/mol. The molecule has 0 spiro atoms. The van der Waals surface area contributed by atoms with Gasteiger partial charge in [-0.05, 0) is 36.5 Å². The summed E-state index contributed by atoms with van der Waals surface area (Å²) in [6.45, 7) is 2.15. The minimum absolute atomic E-state index is 0.140. The number of pyridine rings is 1. The Morgan fingerprint density at radius 3 is 2.67 bits per heavy atom. The quantitative estimate of drug-likeness (QED) is 0.571. The fourth-order valence-electron chi connectivity index (χ4n) is 4.07. The summed E-state index contributed by atoms with van der Waals surface area (Å²) in [5, 5.41) is 2.90. The predicted octanol–water partition coefficient (Wildman–Crippen LogP) is 4.30. The highest BCUT2D eigenvalue weighted by Crippen LogP contribution is 2.30. The molecule has 1 aromatic carbocycles. The van der Waals surface area contributed by atoms with Gasteiger partial charge in [0, 0.05) is 50.0 Å². The summed E-state index contributed by atoms with van der Waals surface area (Å²) in [6.07, 6.45) is 10.8. The lowest BCUT2D eigenvalue weighted by atomic mass is 9.94. The first kappa shape index (κ1) is 22.9. The highest BCUT2D eigenvalue weighted by molar-refractivity contribution is 7.91. The molecule has 2 unspecified atom stereocenters. The zero-order valence-electron chi connectivity index (χ0n) is 19.1. The van der Waals surface area contributed by atoms with E-state index in [2.05, 4.69) is 38.4 Å². The fraction of sp³-hybridized carbons (Fsp3) is 0.280. The highest BCUT2D eigenvalue weighted by Gasteiger charge is 2.30. The Balaban J connectivity index is 1.62. The number of hydrogen-bond donors (Lipinski definition) is 2. The third kappa shape index (κ3) is 4.91. The number of aryl methyl sites for hydroxylation is 2. The standard InChI is InChI=1S/C25H29N5O2S/c1-18(9-10-19-7-5-4-6-8-19)22-12-11-21-23(33(32,26-2)29-22)17-30(3)24(21)25(31)28-20-13-15-27-16-14-20/h4-8,11-18,22H,9-10H2,1-3H3,(H,26,29,32)(H,27,28,31)/t18?,22-,33?/m1/s1. The van der Waals surface area contributed by atoms with Crippen molar-refractivity contribution in [3.05, 3.63) is 84.0 Å². The Morgan fingerprint density at radius 1 is 1.24 bits per heavy atom. The monoisotopic (exact) mass is 463 g/mol. The van der Waals surface area contributed by atoms with Crippen molar-refractivity contribution in [3.8, 4) is 0 Å². The first-order valence-corrected chi connectivity index (χ1v) is 12.5. The Labute approximate surface area is 195 Å². The van der Waals surface area contributed by atoms with E-state index < -0.39 is 9.92 Å². The molecule has 0 saturated heterocycles. The molecule has 172 valence electrons. The van der Waals surface area contributed by atoms with Gasteiger partial charge in [0.15, 0.2) is 0 Å². The maximum absolute atomic E-state index is 13.9. The van der Waals surface area contributed by atoms with Crippen molar-refractivity contribution in [1.29, 1.82) is 0 Å². The van der Waals surface area contributed by atoms with E-state index in [-0.39, 0.29) is 17.9 Å². The minimum Gasteiger partial charge on any atom is -0.345 e. The molecule has 3 aromatic rings. The number of nitrogens with one attached hydrogen (secondary N) is 2. The van der Waals surface area contributed by atoms with E-state index in [1.54, 1.807) is 49.4 Å². The van der Waals surface area contributed by atoms with Crippen LogP contribution in [0.3, 0.4) is 0 Å². The largest absolute Gasteiger partial charge is 0.345 e. The van der Waals surface area contributed by atoms with Crippen LogP contribution in [0.15, 0.2) is 76.4 Å². The van der Waals surface area contributed by atoms with Crippen molar-refractivity contribution in [2.75, 3.05) is 12.4 Å². The van der Waals surface area contributed by atoms with Crippen molar-refractivity contribution < 1.29 is 9.00 Å². The average molecular weight is 464 g/mol. The number of aromatic nitrogens is 2. The van der Waals surface area contributed by atoms with E-state index in [0.29, 0.717) is 21.8 Å². The number of fused-ring (bicyclic) bond motifs is 1. The molecule has 1 aliphatic heterocycles. The molecule has 3 atom stereocenters. The molecule has 0 radical (unpaired) electrons. The van der Waals surface area contributed by atoms with E-state index in [4.69, 9.17) is 0 Å². The Kier molecular flexibility index (Phi) is 6.76. The van der Waals surface area contributed by atoms with Gasteiger partial charge in [0.2, 0.25) is 0 Å². The van der Waals surface area contributed by atoms with E-state index in [1.807, 2.05) is 30.4 Å². The lowest BCUT2D eigenvalue weighted by molar-refractivity contribution is 0.101. The molecule has 2 aromatic heterocycles. The van der Waals surface area contributed by atoms with Gasteiger partial charge in [-0.1, -0.05) is 49.4 Å². The third-order valence-electron chi connectivity index (χ3n) is 6.00. The second-order valence-electron chi connectivity index (χ2n) is 8.27. The van der Waals surface area contributed by atoms with Crippen LogP contribution in [0, 0.1) is 5.92 Å². The molecule has 33 heavy (non-hydrogen) atoms. The molecular formula is C25H29N5O2S. The smallest absolute Gasteiger partial charge is 0.272 e. The van der Waals surface area contributed by atoms with Gasteiger partial charge in [-0.3, -0.25) is 9.78 Å². The number of nitrogens with zero attached hydrogens (tertiary/aromatic N) is 3. The zero-order chi connectivity index (χ0) is 23.4. The van der Waals surface area contributed by atoms with E-state index in [9.17, 15) is 9.00 Å². The summed E-state index contributed by atoms with van der Waals surface area (Å²) in [5.74, 6) is -0.0566. The Morgan fingerprint density at radius 2 is 1.97 bits per heavy atom. The van der Waals surface area contributed by atoms with E-state index >= 15 is 0 Å². The summed E-state index contributed by atoms with van der Waals surface area (Å²) in [5.41, 5.74) is 2.99. The number of carbonyl (C=O) groups is 1. The van der Waals surface area contributed by atoms with Crippen LogP contribution in [0.5, 0.6) is 0 Å². The van der Waals surface area contributed by atoms with Gasteiger partial charge < -0.3 is 9.88 Å². The molecule has 0 fully saturated rings. The van der Waals surface area contributed by atoms with E-state index in [0.717, 1.165) is 12.8 Å². The Hall–Kier alpha value is -3.23. The van der Waals surface area contributed by atoms with E-state index in [1.165, 1.54) is 5.56 Å². The lowest BCUT2D eigenvalue weighted by Gasteiger charge is -2.23. The van der Waals surface area contributed by atoms with Gasteiger partial charge in [-0.25, -0.2) is 13.3 Å². The topological polar surface area (TPSA) is 88.4 Å². The second kappa shape index (κ2) is 9.72. The molecule has 1 amide bonds. The van der Waals surface area contributed by atoms with Gasteiger partial charge in [-0.2, -0.15) is 0 Å². The van der Waals surface area contributed by atoms with Crippen LogP contribution in [0.2, 0.25) is 0 Å². The SMILES string of the molecule is CN=S1(=O)N[C@@H](C(C)CCc2ccccc2)C=Cc2c1cn(C)c2C(=O)Nc1ccncc1. The van der Waals surface area contributed by atoms with Crippen LogP contribution >= 0.6 is 0 Å². The van der Waals surface area contributed by atoms with Crippen LogP contribution < -0.4 is 10.0 Å². The van der Waals surface area contributed by atoms with Crippen LogP contribution in [0.25, 0.3) is 6.08 Å². The van der Waals surface area contributed by atoms with Crippen LogP contribution in [-0.4, -0.2) is 32.8 Å². The highest BCUT2D eigenvalue weighted by atomic mass is 32.2. The van der Waals surface area contributed by atoms with Crippen LogP contribution in [0.4, 0.5) is 5.69 Å². The van der Waals surface area contributed by atoms with Crippen LogP contribution in [-0.2, 0) is 23.4 Å². The van der Waals surface area contributed by atoms with Crippen LogP contribution in [0.1, 0.15) is 35.0 Å². The molecule has 2 N–H and O–H groups in total. The molecule has 1 aliphatic rings. The summed E-state index contributed by atoms with van der Waals surface area (Å²) in [4.78, 5) is 17.6. The second-order valence-corrected chi connectivity index (χ2v) is 10.4. The Bertz CT molecular complexity index is 1270. The molecule has 8 heteroatoms. The lowest BCUT2D eigenvalue weighted by Crippen LogP contribution is -2.37. The van der Waals surface area contributed by atoms with Crippen molar-refractivity contribution in [3.63, 3.8) is 0 Å². The number of amides is 1. The van der Waals surface area contributed by atoms with Crippen molar-refractivity contribution >= 4 is 27.6 Å². The first-order valence-electron chi connectivity index (χ1n) is 11.0. The van der Waals surface area contributed by atoms with Crippen molar-refractivity contribution in [2.45, 2.75) is 30.7 Å². The minimum atomic E-state index is -2.91. The molecule has 0 saturated carbocycles. The normalized spacial score (nSPS) is 20.5. The van der Waals surface area contributed by atoms with Gasteiger partial charge in [0.1, 0.15) is 15.6 Å². The third-order valence-corrected chi connectivity index (χ3v) is 8.03. The number of rotatable bonds is 6. The van der Waals surface area contributed by atoms with Crippen molar-refractivity contribution in [1.82, 2.24) is 14.3 Å². The summed E-state index contributed by atoms with van der Waals surface area (Å²) in [7, 11) is 0.425. The molecule has 0 bridgehead atoms. The maximum Gasteiger partial charge on any atom is 0.272 e. The van der Waals surface area contributed by atoms with Gasteiger partial charge in [0.25, 0.3) is 5.91 Å². The number of carbonyl (C=O) groups excluding carboxylic acids is 1. The van der Waals surface area contributed by atoms with Gasteiger partial charge in [-0.15, -0.1) is 0 Å². The zero-order valence-corrected chi connectivity index (χ0v) is 19.9. The average Bonchev–Trinajstić information content (AvgIpc) is 3.10. The molecule has 3 heterocycles.